The van der Waals surface area contributed by atoms with E-state index < -0.39 is 0 Å². The van der Waals surface area contributed by atoms with Crippen LogP contribution in [-0.2, 0) is 0 Å². The first-order chi connectivity index (χ1) is 9.65. The van der Waals surface area contributed by atoms with Crippen LogP contribution < -0.4 is 5.73 Å². The molecule has 0 radical (unpaired) electrons. The SMILES string of the molecule is CCCC1CCC(CN)C(N(CCC(C)C)C2CC2)C1. The highest BCUT2D eigenvalue weighted by Crippen LogP contribution is 2.39. The molecule has 2 rings (SSSR count). The van der Waals surface area contributed by atoms with E-state index in [0.717, 1.165) is 36.4 Å². The minimum absolute atomic E-state index is 0.760. The van der Waals surface area contributed by atoms with Crippen LogP contribution >= 0.6 is 0 Å². The van der Waals surface area contributed by atoms with Gasteiger partial charge in [-0.2, -0.15) is 0 Å². The zero-order valence-corrected chi connectivity index (χ0v) is 14.0. The summed E-state index contributed by atoms with van der Waals surface area (Å²) < 4.78 is 0. The quantitative estimate of drug-likeness (QED) is 0.727. The number of rotatable bonds is 8. The Labute approximate surface area is 126 Å². The Morgan fingerprint density at radius 3 is 2.45 bits per heavy atom. The van der Waals surface area contributed by atoms with Gasteiger partial charge in [-0.05, 0) is 62.9 Å². The predicted molar refractivity (Wildman–Crippen MR) is 87.8 cm³/mol. The van der Waals surface area contributed by atoms with Crippen molar-refractivity contribution >= 4 is 0 Å². The molecule has 3 atom stereocenters. The van der Waals surface area contributed by atoms with E-state index in [1.54, 1.807) is 0 Å². The third-order valence-electron chi connectivity index (χ3n) is 5.47. The molecule has 0 aliphatic heterocycles. The molecule has 0 saturated heterocycles. The molecule has 0 spiro atoms. The van der Waals surface area contributed by atoms with E-state index >= 15 is 0 Å². The van der Waals surface area contributed by atoms with Gasteiger partial charge in [0, 0.05) is 12.1 Å². The predicted octanol–water partition coefficient (Wildman–Crippen LogP) is 4.04. The van der Waals surface area contributed by atoms with E-state index in [1.165, 1.54) is 57.9 Å². The second kappa shape index (κ2) is 7.79. The molecular formula is C18H36N2. The molecule has 2 saturated carbocycles. The lowest BCUT2D eigenvalue weighted by Gasteiger charge is -2.43. The van der Waals surface area contributed by atoms with E-state index in [2.05, 4.69) is 25.7 Å². The molecule has 0 aromatic heterocycles. The molecule has 0 amide bonds. The smallest absolute Gasteiger partial charge is 0.0141 e. The van der Waals surface area contributed by atoms with Gasteiger partial charge in [0.05, 0.1) is 0 Å². The highest BCUT2D eigenvalue weighted by atomic mass is 15.2. The monoisotopic (exact) mass is 280 g/mol. The van der Waals surface area contributed by atoms with Crippen molar-refractivity contribution in [3.63, 3.8) is 0 Å². The molecule has 2 fully saturated rings. The maximum absolute atomic E-state index is 6.10. The lowest BCUT2D eigenvalue weighted by Crippen LogP contribution is -2.48. The molecule has 2 heteroatoms. The first-order valence-electron chi connectivity index (χ1n) is 9.11. The molecular weight excluding hydrogens is 244 g/mol. The van der Waals surface area contributed by atoms with Crippen LogP contribution in [0.5, 0.6) is 0 Å². The lowest BCUT2D eigenvalue weighted by molar-refractivity contribution is 0.0686. The van der Waals surface area contributed by atoms with E-state index in [-0.39, 0.29) is 0 Å². The standard InChI is InChI=1S/C18H36N2/c1-4-5-15-6-7-16(13-19)18(12-15)20(17-8-9-17)11-10-14(2)3/h14-18H,4-13,19H2,1-3H3. The molecule has 0 bridgehead atoms. The summed E-state index contributed by atoms with van der Waals surface area (Å²) in [5.41, 5.74) is 6.10. The minimum atomic E-state index is 0.760. The van der Waals surface area contributed by atoms with Crippen LogP contribution in [0.25, 0.3) is 0 Å². The van der Waals surface area contributed by atoms with Crippen LogP contribution in [0.1, 0.15) is 72.1 Å². The van der Waals surface area contributed by atoms with E-state index in [0.29, 0.717) is 0 Å². The van der Waals surface area contributed by atoms with Gasteiger partial charge in [-0.1, -0.05) is 40.0 Å². The second-order valence-electron chi connectivity index (χ2n) is 7.68. The number of hydrogen-bond donors (Lipinski definition) is 1. The average Bonchev–Trinajstić information content (AvgIpc) is 3.24. The van der Waals surface area contributed by atoms with Gasteiger partial charge in [-0.3, -0.25) is 4.90 Å². The fourth-order valence-corrected chi connectivity index (χ4v) is 4.08. The first-order valence-corrected chi connectivity index (χ1v) is 9.11. The van der Waals surface area contributed by atoms with E-state index in [4.69, 9.17) is 5.73 Å². The zero-order chi connectivity index (χ0) is 14.5. The van der Waals surface area contributed by atoms with E-state index in [9.17, 15) is 0 Å². The summed E-state index contributed by atoms with van der Waals surface area (Å²) in [5, 5.41) is 0. The molecule has 2 nitrogen and oxygen atoms in total. The second-order valence-corrected chi connectivity index (χ2v) is 7.68. The Hall–Kier alpha value is -0.0800. The zero-order valence-electron chi connectivity index (χ0n) is 14.0. The maximum Gasteiger partial charge on any atom is 0.0141 e. The van der Waals surface area contributed by atoms with Crippen molar-refractivity contribution in [3.05, 3.63) is 0 Å². The average molecular weight is 281 g/mol. The van der Waals surface area contributed by atoms with Gasteiger partial charge in [-0.25, -0.2) is 0 Å². The summed E-state index contributed by atoms with van der Waals surface area (Å²) in [6.45, 7) is 9.25. The van der Waals surface area contributed by atoms with Crippen LogP contribution in [0, 0.1) is 17.8 Å². The number of nitrogens with zero attached hydrogens (tertiary/aromatic N) is 1. The highest BCUT2D eigenvalue weighted by molar-refractivity contribution is 4.94. The lowest BCUT2D eigenvalue weighted by atomic mass is 9.75. The van der Waals surface area contributed by atoms with Crippen molar-refractivity contribution in [2.75, 3.05) is 13.1 Å². The molecule has 20 heavy (non-hydrogen) atoms. The number of nitrogens with two attached hydrogens (primary N) is 1. The molecule has 3 unspecified atom stereocenters. The topological polar surface area (TPSA) is 29.3 Å². The molecule has 0 heterocycles. The van der Waals surface area contributed by atoms with Crippen LogP contribution in [0.15, 0.2) is 0 Å². The third-order valence-corrected chi connectivity index (χ3v) is 5.47. The van der Waals surface area contributed by atoms with Crippen molar-refractivity contribution in [2.45, 2.75) is 84.2 Å². The summed E-state index contributed by atoms with van der Waals surface area (Å²) in [4.78, 5) is 2.87. The van der Waals surface area contributed by atoms with Gasteiger partial charge in [-0.15, -0.1) is 0 Å². The van der Waals surface area contributed by atoms with Crippen molar-refractivity contribution < 1.29 is 0 Å². The Balaban J connectivity index is 1.98. The summed E-state index contributed by atoms with van der Waals surface area (Å²) in [6, 6.07) is 1.68. The van der Waals surface area contributed by atoms with Crippen molar-refractivity contribution in [3.8, 4) is 0 Å². The van der Waals surface area contributed by atoms with Gasteiger partial charge < -0.3 is 5.73 Å². The normalized spacial score (nSPS) is 31.2. The maximum atomic E-state index is 6.10. The summed E-state index contributed by atoms with van der Waals surface area (Å²) in [5.74, 6) is 2.55. The van der Waals surface area contributed by atoms with Crippen molar-refractivity contribution in [2.24, 2.45) is 23.5 Å². The first kappa shape index (κ1) is 16.3. The Morgan fingerprint density at radius 1 is 1.15 bits per heavy atom. The molecule has 0 aromatic rings. The Bertz CT molecular complexity index is 273. The van der Waals surface area contributed by atoms with Gasteiger partial charge >= 0.3 is 0 Å². The molecule has 2 N–H and O–H groups in total. The Kier molecular flexibility index (Phi) is 6.35. The molecule has 2 aliphatic carbocycles. The summed E-state index contributed by atoms with van der Waals surface area (Å²) in [6.07, 6.45) is 11.2. The Morgan fingerprint density at radius 2 is 1.90 bits per heavy atom. The highest BCUT2D eigenvalue weighted by Gasteiger charge is 2.39. The van der Waals surface area contributed by atoms with Crippen LogP contribution in [0.4, 0.5) is 0 Å². The summed E-state index contributed by atoms with van der Waals surface area (Å²) in [7, 11) is 0. The molecule has 0 aromatic carbocycles. The third kappa shape index (κ3) is 4.46. The summed E-state index contributed by atoms with van der Waals surface area (Å²) >= 11 is 0. The van der Waals surface area contributed by atoms with Gasteiger partial charge in [0.1, 0.15) is 0 Å². The molecule has 2 aliphatic rings. The van der Waals surface area contributed by atoms with Gasteiger partial charge in [0.25, 0.3) is 0 Å². The van der Waals surface area contributed by atoms with Crippen LogP contribution in [0.3, 0.4) is 0 Å². The van der Waals surface area contributed by atoms with Crippen molar-refractivity contribution in [1.29, 1.82) is 0 Å². The van der Waals surface area contributed by atoms with Crippen molar-refractivity contribution in [1.82, 2.24) is 4.90 Å². The van der Waals surface area contributed by atoms with Gasteiger partial charge in [0.2, 0.25) is 0 Å². The fraction of sp³-hybridized carbons (Fsp3) is 1.00. The van der Waals surface area contributed by atoms with Crippen LogP contribution in [-0.4, -0.2) is 30.1 Å². The van der Waals surface area contributed by atoms with Crippen LogP contribution in [0.2, 0.25) is 0 Å². The molecule has 118 valence electrons. The number of hydrogen-bond acceptors (Lipinski definition) is 2. The van der Waals surface area contributed by atoms with E-state index in [1.807, 2.05) is 0 Å². The largest absolute Gasteiger partial charge is 0.330 e. The fourth-order valence-electron chi connectivity index (χ4n) is 4.08. The van der Waals surface area contributed by atoms with Gasteiger partial charge in [0.15, 0.2) is 0 Å². The minimum Gasteiger partial charge on any atom is -0.330 e.